The molecule has 0 fully saturated rings. The van der Waals surface area contributed by atoms with Crippen molar-refractivity contribution in [1.29, 1.82) is 0 Å². The standard InChI is InChI=1S/C14H13Cl2NO/c15-13-6-5-12(7-14(13)16)18-9-11-4-2-1-3-10(11)8-17/h1-7H,8-9,17H2. The molecule has 0 radical (unpaired) electrons. The van der Waals surface area contributed by atoms with Crippen molar-refractivity contribution in [1.82, 2.24) is 0 Å². The van der Waals surface area contributed by atoms with Gasteiger partial charge in [-0.15, -0.1) is 0 Å². The van der Waals surface area contributed by atoms with Gasteiger partial charge < -0.3 is 10.5 Å². The van der Waals surface area contributed by atoms with Crippen LogP contribution < -0.4 is 10.5 Å². The Balaban J connectivity index is 2.09. The van der Waals surface area contributed by atoms with Gasteiger partial charge in [0.2, 0.25) is 0 Å². The molecule has 0 saturated heterocycles. The molecule has 0 aromatic heterocycles. The molecule has 0 heterocycles. The molecule has 4 heteroatoms. The molecule has 0 aliphatic heterocycles. The molecule has 0 atom stereocenters. The fraction of sp³-hybridized carbons (Fsp3) is 0.143. The summed E-state index contributed by atoms with van der Waals surface area (Å²) in [5.74, 6) is 0.691. The number of hydrogen-bond acceptors (Lipinski definition) is 2. The van der Waals surface area contributed by atoms with Crippen LogP contribution in [0.25, 0.3) is 0 Å². The van der Waals surface area contributed by atoms with E-state index in [1.54, 1.807) is 18.2 Å². The Kier molecular flexibility index (Phi) is 4.48. The molecular weight excluding hydrogens is 269 g/mol. The Hall–Kier alpha value is -1.22. The maximum Gasteiger partial charge on any atom is 0.121 e. The molecule has 0 amide bonds. The minimum atomic E-state index is 0.464. The van der Waals surface area contributed by atoms with Crippen molar-refractivity contribution in [3.05, 3.63) is 63.6 Å². The second-order valence-electron chi connectivity index (χ2n) is 3.84. The Morgan fingerprint density at radius 1 is 0.944 bits per heavy atom. The third-order valence-corrected chi connectivity index (χ3v) is 3.36. The molecule has 2 rings (SSSR count). The zero-order valence-corrected chi connectivity index (χ0v) is 11.2. The molecule has 0 spiro atoms. The first kappa shape index (κ1) is 13.2. The van der Waals surface area contributed by atoms with Crippen LogP contribution in [0.2, 0.25) is 10.0 Å². The van der Waals surface area contributed by atoms with E-state index >= 15 is 0 Å². The summed E-state index contributed by atoms with van der Waals surface area (Å²) in [5.41, 5.74) is 7.83. The van der Waals surface area contributed by atoms with Crippen LogP contribution in [0.4, 0.5) is 0 Å². The highest BCUT2D eigenvalue weighted by molar-refractivity contribution is 6.42. The molecule has 0 unspecified atom stereocenters. The van der Waals surface area contributed by atoms with E-state index in [4.69, 9.17) is 33.7 Å². The van der Waals surface area contributed by atoms with Gasteiger partial charge in [-0.25, -0.2) is 0 Å². The van der Waals surface area contributed by atoms with Gasteiger partial charge in [0.25, 0.3) is 0 Å². The molecule has 2 N–H and O–H groups in total. The molecular formula is C14H13Cl2NO. The fourth-order valence-electron chi connectivity index (χ4n) is 1.63. The summed E-state index contributed by atoms with van der Waals surface area (Å²) in [6, 6.07) is 13.1. The first-order valence-electron chi connectivity index (χ1n) is 5.55. The SMILES string of the molecule is NCc1ccccc1COc1ccc(Cl)c(Cl)c1. The summed E-state index contributed by atoms with van der Waals surface area (Å²) >= 11 is 11.8. The number of ether oxygens (including phenoxy) is 1. The van der Waals surface area contributed by atoms with Crippen LogP contribution in [-0.4, -0.2) is 0 Å². The van der Waals surface area contributed by atoms with Crippen molar-refractivity contribution in [3.63, 3.8) is 0 Å². The van der Waals surface area contributed by atoms with Gasteiger partial charge in [0, 0.05) is 12.6 Å². The highest BCUT2D eigenvalue weighted by Crippen LogP contribution is 2.26. The van der Waals surface area contributed by atoms with Gasteiger partial charge in [-0.1, -0.05) is 47.5 Å². The van der Waals surface area contributed by atoms with Crippen LogP contribution >= 0.6 is 23.2 Å². The third-order valence-electron chi connectivity index (χ3n) is 2.62. The van der Waals surface area contributed by atoms with E-state index in [0.29, 0.717) is 28.9 Å². The van der Waals surface area contributed by atoms with E-state index in [1.165, 1.54) is 0 Å². The average Bonchev–Trinajstić information content (AvgIpc) is 2.40. The third kappa shape index (κ3) is 3.16. The molecule has 0 aliphatic rings. The van der Waals surface area contributed by atoms with E-state index in [9.17, 15) is 0 Å². The van der Waals surface area contributed by atoms with Crippen LogP contribution in [-0.2, 0) is 13.2 Å². The van der Waals surface area contributed by atoms with Crippen molar-refractivity contribution in [3.8, 4) is 5.75 Å². The normalized spacial score (nSPS) is 10.4. The molecule has 18 heavy (non-hydrogen) atoms. The van der Waals surface area contributed by atoms with Crippen LogP contribution in [0.3, 0.4) is 0 Å². The quantitative estimate of drug-likeness (QED) is 0.918. The maximum atomic E-state index is 5.92. The monoisotopic (exact) mass is 281 g/mol. The second-order valence-corrected chi connectivity index (χ2v) is 4.65. The molecule has 94 valence electrons. The van der Waals surface area contributed by atoms with Crippen LogP contribution in [0.15, 0.2) is 42.5 Å². The lowest BCUT2D eigenvalue weighted by atomic mass is 10.1. The van der Waals surface area contributed by atoms with E-state index in [2.05, 4.69) is 0 Å². The molecule has 2 aromatic carbocycles. The summed E-state index contributed by atoms with van der Waals surface area (Å²) in [5, 5.41) is 1.01. The fourth-order valence-corrected chi connectivity index (χ4v) is 1.91. The van der Waals surface area contributed by atoms with Gasteiger partial charge in [0.05, 0.1) is 10.0 Å². The Morgan fingerprint density at radius 2 is 1.67 bits per heavy atom. The molecule has 2 nitrogen and oxygen atoms in total. The number of rotatable bonds is 4. The van der Waals surface area contributed by atoms with Gasteiger partial charge in [-0.3, -0.25) is 0 Å². The zero-order valence-electron chi connectivity index (χ0n) is 9.70. The second kappa shape index (κ2) is 6.10. The summed E-state index contributed by atoms with van der Waals surface area (Å²) < 4.78 is 5.67. The molecule has 0 aliphatic carbocycles. The smallest absolute Gasteiger partial charge is 0.121 e. The molecule has 0 saturated carbocycles. The molecule has 0 bridgehead atoms. The van der Waals surface area contributed by atoms with Gasteiger partial charge in [-0.05, 0) is 23.3 Å². The highest BCUT2D eigenvalue weighted by Gasteiger charge is 2.03. The number of halogens is 2. The van der Waals surface area contributed by atoms with Crippen LogP contribution in [0, 0.1) is 0 Å². The van der Waals surface area contributed by atoms with Gasteiger partial charge in [0.1, 0.15) is 12.4 Å². The van der Waals surface area contributed by atoms with Crippen molar-refractivity contribution >= 4 is 23.2 Å². The minimum Gasteiger partial charge on any atom is -0.489 e. The maximum absolute atomic E-state index is 5.92. The molecule has 2 aromatic rings. The summed E-state index contributed by atoms with van der Waals surface area (Å²) in [6.07, 6.45) is 0. The first-order valence-corrected chi connectivity index (χ1v) is 6.31. The lowest BCUT2D eigenvalue weighted by Crippen LogP contribution is -2.04. The number of nitrogens with two attached hydrogens (primary N) is 1. The van der Waals surface area contributed by atoms with Gasteiger partial charge in [0.15, 0.2) is 0 Å². The lowest BCUT2D eigenvalue weighted by Gasteiger charge is -2.10. The largest absolute Gasteiger partial charge is 0.489 e. The Labute approximate surface area is 116 Å². The van der Waals surface area contributed by atoms with Crippen LogP contribution in [0.1, 0.15) is 11.1 Å². The first-order chi connectivity index (χ1) is 8.70. The van der Waals surface area contributed by atoms with Crippen molar-refractivity contribution in [2.45, 2.75) is 13.2 Å². The predicted octanol–water partition coefficient (Wildman–Crippen LogP) is 4.03. The van der Waals surface area contributed by atoms with E-state index in [0.717, 1.165) is 11.1 Å². The number of hydrogen-bond donors (Lipinski definition) is 1. The summed E-state index contributed by atoms with van der Waals surface area (Å²) in [7, 11) is 0. The minimum absolute atomic E-state index is 0.464. The van der Waals surface area contributed by atoms with E-state index in [-0.39, 0.29) is 0 Å². The zero-order chi connectivity index (χ0) is 13.0. The summed E-state index contributed by atoms with van der Waals surface area (Å²) in [6.45, 7) is 0.965. The van der Waals surface area contributed by atoms with Crippen molar-refractivity contribution in [2.75, 3.05) is 0 Å². The van der Waals surface area contributed by atoms with Crippen molar-refractivity contribution < 1.29 is 4.74 Å². The van der Waals surface area contributed by atoms with Gasteiger partial charge in [-0.2, -0.15) is 0 Å². The highest BCUT2D eigenvalue weighted by atomic mass is 35.5. The Morgan fingerprint density at radius 3 is 2.33 bits per heavy atom. The van der Waals surface area contributed by atoms with Gasteiger partial charge >= 0.3 is 0 Å². The van der Waals surface area contributed by atoms with Crippen molar-refractivity contribution in [2.24, 2.45) is 5.73 Å². The average molecular weight is 282 g/mol. The summed E-state index contributed by atoms with van der Waals surface area (Å²) in [4.78, 5) is 0. The van der Waals surface area contributed by atoms with E-state index in [1.807, 2.05) is 24.3 Å². The predicted molar refractivity (Wildman–Crippen MR) is 75.1 cm³/mol. The number of benzene rings is 2. The topological polar surface area (TPSA) is 35.2 Å². The Bertz CT molecular complexity index is 543. The van der Waals surface area contributed by atoms with Crippen LogP contribution in [0.5, 0.6) is 5.75 Å². The lowest BCUT2D eigenvalue weighted by molar-refractivity contribution is 0.305. The van der Waals surface area contributed by atoms with E-state index < -0.39 is 0 Å².